The Labute approximate surface area is 203 Å². The molecular formula is C27H28FN3O2S. The number of hydrogen-bond donors (Lipinski definition) is 0. The molecular weight excluding hydrogens is 449 g/mol. The van der Waals surface area contributed by atoms with Gasteiger partial charge in [0, 0.05) is 43.2 Å². The zero-order valence-electron chi connectivity index (χ0n) is 19.2. The van der Waals surface area contributed by atoms with E-state index in [0.29, 0.717) is 26.2 Å². The van der Waals surface area contributed by atoms with Gasteiger partial charge in [-0.25, -0.2) is 4.39 Å². The third-order valence-electron chi connectivity index (χ3n) is 6.86. The number of thiophene rings is 1. The van der Waals surface area contributed by atoms with Crippen LogP contribution < -0.4 is 0 Å². The summed E-state index contributed by atoms with van der Waals surface area (Å²) in [7, 11) is 0. The van der Waals surface area contributed by atoms with Gasteiger partial charge in [0.15, 0.2) is 0 Å². The van der Waals surface area contributed by atoms with Crippen molar-refractivity contribution in [3.05, 3.63) is 92.9 Å². The molecule has 0 N–H and O–H groups in total. The van der Waals surface area contributed by atoms with Crippen LogP contribution in [-0.4, -0.2) is 65.8 Å². The van der Waals surface area contributed by atoms with Crippen molar-refractivity contribution in [2.45, 2.75) is 19.4 Å². The number of carbonyl (C=O) groups is 2. The molecule has 0 radical (unpaired) electrons. The average molecular weight is 478 g/mol. The van der Waals surface area contributed by atoms with Crippen LogP contribution in [0, 0.1) is 12.7 Å². The van der Waals surface area contributed by atoms with Crippen LogP contribution in [0.5, 0.6) is 0 Å². The number of rotatable bonds is 4. The SMILES string of the molecule is Cc1ccccc1C(=O)N1CCN(C(=O)CN2CCc3sccc3[C@@H]2c2cccc(F)c2)CC1. The van der Waals surface area contributed by atoms with Gasteiger partial charge in [-0.2, -0.15) is 0 Å². The Morgan fingerprint density at radius 3 is 2.50 bits per heavy atom. The minimum absolute atomic E-state index is 0.0254. The zero-order chi connectivity index (χ0) is 23.7. The van der Waals surface area contributed by atoms with E-state index in [2.05, 4.69) is 16.3 Å². The first kappa shape index (κ1) is 22.7. The molecule has 176 valence electrons. The van der Waals surface area contributed by atoms with Crippen LogP contribution in [0.15, 0.2) is 60.0 Å². The summed E-state index contributed by atoms with van der Waals surface area (Å²) in [6, 6.07) is 16.3. The molecule has 0 spiro atoms. The fourth-order valence-electron chi connectivity index (χ4n) is 5.02. The second-order valence-corrected chi connectivity index (χ2v) is 9.97. The Balaban J connectivity index is 1.26. The van der Waals surface area contributed by atoms with Crippen molar-refractivity contribution in [3.8, 4) is 0 Å². The molecule has 1 aromatic heterocycles. The van der Waals surface area contributed by atoms with Gasteiger partial charge in [-0.05, 0) is 59.7 Å². The summed E-state index contributed by atoms with van der Waals surface area (Å²) in [4.78, 5) is 33.3. The molecule has 3 aromatic rings. The van der Waals surface area contributed by atoms with E-state index in [9.17, 15) is 14.0 Å². The Morgan fingerprint density at radius 2 is 1.74 bits per heavy atom. The van der Waals surface area contributed by atoms with Gasteiger partial charge >= 0.3 is 0 Å². The van der Waals surface area contributed by atoms with Gasteiger partial charge in [0.1, 0.15) is 5.82 Å². The Bertz CT molecular complexity index is 1200. The van der Waals surface area contributed by atoms with Gasteiger partial charge in [-0.15, -0.1) is 11.3 Å². The van der Waals surface area contributed by atoms with Crippen molar-refractivity contribution in [3.63, 3.8) is 0 Å². The molecule has 2 amide bonds. The number of nitrogens with zero attached hydrogens (tertiary/aromatic N) is 3. The number of benzene rings is 2. The molecule has 0 aliphatic carbocycles. The molecule has 0 saturated carbocycles. The largest absolute Gasteiger partial charge is 0.338 e. The number of piperazine rings is 1. The lowest BCUT2D eigenvalue weighted by molar-refractivity contribution is -0.134. The minimum atomic E-state index is -0.263. The summed E-state index contributed by atoms with van der Waals surface area (Å²) >= 11 is 1.73. The first-order chi connectivity index (χ1) is 16.5. The van der Waals surface area contributed by atoms with Crippen molar-refractivity contribution in [2.24, 2.45) is 0 Å². The minimum Gasteiger partial charge on any atom is -0.338 e. The second-order valence-electron chi connectivity index (χ2n) is 8.97. The van der Waals surface area contributed by atoms with E-state index < -0.39 is 0 Å². The summed E-state index contributed by atoms with van der Waals surface area (Å²) in [6.07, 6.45) is 0.894. The Hall–Kier alpha value is -3.03. The molecule has 2 aliphatic heterocycles. The Kier molecular flexibility index (Phi) is 6.48. The van der Waals surface area contributed by atoms with Crippen molar-refractivity contribution >= 4 is 23.2 Å². The quantitative estimate of drug-likeness (QED) is 0.568. The molecule has 3 heterocycles. The van der Waals surface area contributed by atoms with E-state index in [1.54, 1.807) is 23.5 Å². The maximum atomic E-state index is 14.0. The lowest BCUT2D eigenvalue weighted by Crippen LogP contribution is -2.53. The fourth-order valence-corrected chi connectivity index (χ4v) is 5.93. The fraction of sp³-hybridized carbons (Fsp3) is 0.333. The van der Waals surface area contributed by atoms with Crippen molar-refractivity contribution in [2.75, 3.05) is 39.3 Å². The molecule has 2 aromatic carbocycles. The van der Waals surface area contributed by atoms with Crippen LogP contribution >= 0.6 is 11.3 Å². The van der Waals surface area contributed by atoms with Crippen molar-refractivity contribution in [1.82, 2.24) is 14.7 Å². The number of hydrogen-bond acceptors (Lipinski definition) is 4. The molecule has 7 heteroatoms. The highest BCUT2D eigenvalue weighted by Gasteiger charge is 2.33. The van der Waals surface area contributed by atoms with E-state index in [4.69, 9.17) is 0 Å². The summed E-state index contributed by atoms with van der Waals surface area (Å²) in [5.41, 5.74) is 3.73. The molecule has 1 saturated heterocycles. The molecule has 5 rings (SSSR count). The second kappa shape index (κ2) is 9.68. The monoisotopic (exact) mass is 477 g/mol. The maximum Gasteiger partial charge on any atom is 0.254 e. The average Bonchev–Trinajstić information content (AvgIpc) is 3.33. The smallest absolute Gasteiger partial charge is 0.254 e. The standard InChI is InChI=1S/C27H28FN3O2S/c1-19-5-2-3-8-22(19)27(33)30-14-12-29(13-15-30)25(32)18-31-11-9-24-23(10-16-34-24)26(31)20-6-4-7-21(28)17-20/h2-8,10,16-17,26H,9,11-15,18H2,1H3/t26-/m0/s1. The van der Waals surface area contributed by atoms with Crippen LogP contribution in [0.1, 0.15) is 38.0 Å². The van der Waals surface area contributed by atoms with Crippen LogP contribution in [-0.2, 0) is 11.2 Å². The number of carbonyl (C=O) groups excluding carboxylic acids is 2. The number of amides is 2. The first-order valence-electron chi connectivity index (χ1n) is 11.7. The maximum absolute atomic E-state index is 14.0. The van der Waals surface area contributed by atoms with E-state index in [-0.39, 0.29) is 30.2 Å². The summed E-state index contributed by atoms with van der Waals surface area (Å²) < 4.78 is 14.0. The van der Waals surface area contributed by atoms with E-state index >= 15 is 0 Å². The normalized spacial score (nSPS) is 18.6. The van der Waals surface area contributed by atoms with Crippen LogP contribution in [0.4, 0.5) is 4.39 Å². The Morgan fingerprint density at radius 1 is 0.971 bits per heavy atom. The predicted octanol–water partition coefficient (Wildman–Crippen LogP) is 4.13. The van der Waals surface area contributed by atoms with Crippen molar-refractivity contribution in [1.29, 1.82) is 0 Å². The van der Waals surface area contributed by atoms with Gasteiger partial charge in [-0.1, -0.05) is 30.3 Å². The van der Waals surface area contributed by atoms with Crippen LogP contribution in [0.2, 0.25) is 0 Å². The highest BCUT2D eigenvalue weighted by Crippen LogP contribution is 2.37. The lowest BCUT2D eigenvalue weighted by atomic mass is 9.93. The van der Waals surface area contributed by atoms with Crippen LogP contribution in [0.3, 0.4) is 0 Å². The van der Waals surface area contributed by atoms with Crippen molar-refractivity contribution < 1.29 is 14.0 Å². The first-order valence-corrected chi connectivity index (χ1v) is 12.6. The zero-order valence-corrected chi connectivity index (χ0v) is 20.1. The van der Waals surface area contributed by atoms with Gasteiger partial charge in [0.05, 0.1) is 12.6 Å². The number of fused-ring (bicyclic) bond motifs is 1. The van der Waals surface area contributed by atoms with Gasteiger partial charge < -0.3 is 9.80 Å². The number of halogens is 1. The van der Waals surface area contributed by atoms with Crippen LogP contribution in [0.25, 0.3) is 0 Å². The van der Waals surface area contributed by atoms with Gasteiger partial charge in [-0.3, -0.25) is 14.5 Å². The molecule has 34 heavy (non-hydrogen) atoms. The third kappa shape index (κ3) is 4.50. The molecule has 0 unspecified atom stereocenters. The molecule has 0 bridgehead atoms. The summed E-state index contributed by atoms with van der Waals surface area (Å²) in [5, 5.41) is 2.08. The molecule has 1 fully saturated rings. The highest BCUT2D eigenvalue weighted by atomic mass is 32.1. The molecule has 1 atom stereocenters. The predicted molar refractivity (Wildman–Crippen MR) is 132 cm³/mol. The van der Waals surface area contributed by atoms with Gasteiger partial charge in [0.2, 0.25) is 5.91 Å². The molecule has 5 nitrogen and oxygen atoms in total. The van der Waals surface area contributed by atoms with E-state index in [1.165, 1.54) is 16.5 Å². The van der Waals surface area contributed by atoms with Gasteiger partial charge in [0.25, 0.3) is 5.91 Å². The number of aryl methyl sites for hydroxylation is 1. The lowest BCUT2D eigenvalue weighted by Gasteiger charge is -2.39. The summed E-state index contributed by atoms with van der Waals surface area (Å²) in [5.74, 6) is -0.180. The van der Waals surface area contributed by atoms with E-state index in [0.717, 1.165) is 29.7 Å². The topological polar surface area (TPSA) is 43.9 Å². The third-order valence-corrected chi connectivity index (χ3v) is 7.86. The van der Waals surface area contributed by atoms with E-state index in [1.807, 2.05) is 47.1 Å². The highest BCUT2D eigenvalue weighted by molar-refractivity contribution is 7.10. The summed E-state index contributed by atoms with van der Waals surface area (Å²) in [6.45, 7) is 5.09. The molecule has 2 aliphatic rings.